The zero-order valence-corrected chi connectivity index (χ0v) is 13.1. The number of carbonyl (C=O) groups excluding carboxylic acids is 1. The molecule has 0 bridgehead atoms. The van der Waals surface area contributed by atoms with Crippen LogP contribution in [0.5, 0.6) is 0 Å². The molecule has 0 amide bonds. The molecule has 2 aliphatic rings. The summed E-state index contributed by atoms with van der Waals surface area (Å²) in [6.07, 6.45) is 7.26. The van der Waals surface area contributed by atoms with Gasteiger partial charge in [0.25, 0.3) is 0 Å². The number of rotatable bonds is 5. The maximum Gasteiger partial charge on any atom is 0.311 e. The standard InChI is InChI=1S/C16H28O4/c1-4-15(2,3)14(17)18-11-8-13-12-19-16(20-13)9-6-5-7-10-16/h13H,4-12H2,1-3H3. The minimum atomic E-state index is -0.391. The first kappa shape index (κ1) is 15.8. The van der Waals surface area contributed by atoms with Crippen molar-refractivity contribution >= 4 is 5.97 Å². The van der Waals surface area contributed by atoms with Crippen LogP contribution in [0.15, 0.2) is 0 Å². The Morgan fingerprint density at radius 2 is 2.00 bits per heavy atom. The molecule has 4 heteroatoms. The molecule has 1 saturated heterocycles. The van der Waals surface area contributed by atoms with Gasteiger partial charge in [0.2, 0.25) is 0 Å². The molecular formula is C16H28O4. The highest BCUT2D eigenvalue weighted by atomic mass is 16.7. The Hall–Kier alpha value is -0.610. The number of carbonyl (C=O) groups is 1. The fourth-order valence-corrected chi connectivity index (χ4v) is 2.73. The Bertz CT molecular complexity index is 331. The predicted octanol–water partition coefficient (Wildman–Crippen LogP) is 3.43. The third-order valence-corrected chi connectivity index (χ3v) is 4.64. The smallest absolute Gasteiger partial charge is 0.311 e. The van der Waals surface area contributed by atoms with Gasteiger partial charge < -0.3 is 14.2 Å². The minimum Gasteiger partial charge on any atom is -0.465 e. The van der Waals surface area contributed by atoms with Gasteiger partial charge in [-0.2, -0.15) is 0 Å². The Labute approximate surface area is 122 Å². The van der Waals surface area contributed by atoms with E-state index in [0.29, 0.717) is 13.2 Å². The van der Waals surface area contributed by atoms with E-state index in [-0.39, 0.29) is 17.9 Å². The van der Waals surface area contributed by atoms with Gasteiger partial charge in [-0.1, -0.05) is 13.3 Å². The van der Waals surface area contributed by atoms with Crippen LogP contribution in [0.4, 0.5) is 0 Å². The first-order valence-corrected chi connectivity index (χ1v) is 7.96. The molecule has 1 unspecified atom stereocenters. The van der Waals surface area contributed by atoms with Gasteiger partial charge in [0.1, 0.15) is 0 Å². The summed E-state index contributed by atoms with van der Waals surface area (Å²) >= 11 is 0. The van der Waals surface area contributed by atoms with Crippen molar-refractivity contribution in [3.63, 3.8) is 0 Å². The summed E-state index contributed by atoms with van der Waals surface area (Å²) < 4.78 is 17.3. The molecule has 116 valence electrons. The molecule has 1 saturated carbocycles. The van der Waals surface area contributed by atoms with Crippen LogP contribution in [0.25, 0.3) is 0 Å². The molecule has 1 spiro atoms. The molecule has 20 heavy (non-hydrogen) atoms. The van der Waals surface area contributed by atoms with Crippen molar-refractivity contribution < 1.29 is 19.0 Å². The van der Waals surface area contributed by atoms with Crippen molar-refractivity contribution in [2.45, 2.75) is 77.6 Å². The van der Waals surface area contributed by atoms with Crippen LogP contribution in [-0.2, 0) is 19.0 Å². The summed E-state index contributed by atoms with van der Waals surface area (Å²) in [7, 11) is 0. The third kappa shape index (κ3) is 3.73. The highest BCUT2D eigenvalue weighted by molar-refractivity contribution is 5.75. The SMILES string of the molecule is CCC(C)(C)C(=O)OCCC1COC2(CCCCC2)O1. The van der Waals surface area contributed by atoms with Crippen molar-refractivity contribution in [2.24, 2.45) is 5.41 Å². The quantitative estimate of drug-likeness (QED) is 0.726. The Morgan fingerprint density at radius 1 is 1.30 bits per heavy atom. The van der Waals surface area contributed by atoms with Crippen LogP contribution >= 0.6 is 0 Å². The largest absolute Gasteiger partial charge is 0.465 e. The fourth-order valence-electron chi connectivity index (χ4n) is 2.73. The van der Waals surface area contributed by atoms with E-state index in [2.05, 4.69) is 0 Å². The van der Waals surface area contributed by atoms with Crippen LogP contribution in [0.2, 0.25) is 0 Å². The van der Waals surface area contributed by atoms with Crippen LogP contribution in [-0.4, -0.2) is 31.1 Å². The van der Waals surface area contributed by atoms with Gasteiger partial charge in [-0.15, -0.1) is 0 Å². The maximum atomic E-state index is 11.9. The highest BCUT2D eigenvalue weighted by Gasteiger charge is 2.42. The molecule has 1 aliphatic heterocycles. The molecule has 1 aliphatic carbocycles. The van der Waals surface area contributed by atoms with E-state index < -0.39 is 5.41 Å². The van der Waals surface area contributed by atoms with E-state index in [1.54, 1.807) is 0 Å². The van der Waals surface area contributed by atoms with E-state index in [1.165, 1.54) is 19.3 Å². The Kier molecular flexibility index (Phi) is 5.08. The lowest BCUT2D eigenvalue weighted by Gasteiger charge is -2.31. The average molecular weight is 284 g/mol. The summed E-state index contributed by atoms with van der Waals surface area (Å²) in [5, 5.41) is 0. The molecule has 2 fully saturated rings. The van der Waals surface area contributed by atoms with E-state index >= 15 is 0 Å². The van der Waals surface area contributed by atoms with Crippen molar-refractivity contribution in [1.82, 2.24) is 0 Å². The van der Waals surface area contributed by atoms with Crippen LogP contribution in [0.1, 0.15) is 65.7 Å². The lowest BCUT2D eigenvalue weighted by molar-refractivity contribution is -0.188. The second kappa shape index (κ2) is 6.44. The van der Waals surface area contributed by atoms with Crippen LogP contribution < -0.4 is 0 Å². The number of hydrogen-bond donors (Lipinski definition) is 0. The molecule has 0 radical (unpaired) electrons. The zero-order chi connectivity index (χ0) is 14.6. The third-order valence-electron chi connectivity index (χ3n) is 4.64. The second-order valence-corrected chi connectivity index (χ2v) is 6.68. The number of ether oxygens (including phenoxy) is 3. The van der Waals surface area contributed by atoms with Crippen molar-refractivity contribution in [1.29, 1.82) is 0 Å². The monoisotopic (exact) mass is 284 g/mol. The summed E-state index contributed by atoms with van der Waals surface area (Å²) in [6.45, 7) is 6.90. The minimum absolute atomic E-state index is 0.0747. The van der Waals surface area contributed by atoms with E-state index in [1.807, 2.05) is 20.8 Å². The molecule has 4 nitrogen and oxygen atoms in total. The first-order valence-electron chi connectivity index (χ1n) is 7.96. The summed E-state index contributed by atoms with van der Waals surface area (Å²) in [5.41, 5.74) is -0.391. The summed E-state index contributed by atoms with van der Waals surface area (Å²) in [4.78, 5) is 11.9. The van der Waals surface area contributed by atoms with Gasteiger partial charge >= 0.3 is 5.97 Å². The molecule has 0 aromatic carbocycles. The molecule has 1 atom stereocenters. The Balaban J connectivity index is 1.70. The van der Waals surface area contributed by atoms with Gasteiger partial charge in [-0.3, -0.25) is 4.79 Å². The molecule has 0 aromatic rings. The lowest BCUT2D eigenvalue weighted by Crippen LogP contribution is -2.33. The summed E-state index contributed by atoms with van der Waals surface area (Å²) in [5.74, 6) is -0.443. The predicted molar refractivity (Wildman–Crippen MR) is 76.3 cm³/mol. The normalized spacial score (nSPS) is 25.9. The summed E-state index contributed by atoms with van der Waals surface area (Å²) in [6, 6.07) is 0. The van der Waals surface area contributed by atoms with Gasteiger partial charge in [0.05, 0.1) is 24.7 Å². The topological polar surface area (TPSA) is 44.8 Å². The lowest BCUT2D eigenvalue weighted by atomic mass is 9.91. The van der Waals surface area contributed by atoms with Crippen LogP contribution in [0.3, 0.4) is 0 Å². The Morgan fingerprint density at radius 3 is 2.65 bits per heavy atom. The van der Waals surface area contributed by atoms with Gasteiger partial charge in [0.15, 0.2) is 5.79 Å². The van der Waals surface area contributed by atoms with Crippen molar-refractivity contribution in [3.05, 3.63) is 0 Å². The van der Waals surface area contributed by atoms with Crippen molar-refractivity contribution in [2.75, 3.05) is 13.2 Å². The fraction of sp³-hybridized carbons (Fsp3) is 0.938. The highest BCUT2D eigenvalue weighted by Crippen LogP contribution is 2.38. The molecule has 2 rings (SSSR count). The molecule has 0 N–H and O–H groups in total. The van der Waals surface area contributed by atoms with Gasteiger partial charge in [-0.05, 0) is 33.1 Å². The first-order chi connectivity index (χ1) is 9.47. The molecule has 0 aromatic heterocycles. The molecule has 1 heterocycles. The zero-order valence-electron chi connectivity index (χ0n) is 13.1. The van der Waals surface area contributed by atoms with E-state index in [9.17, 15) is 4.79 Å². The number of hydrogen-bond acceptors (Lipinski definition) is 4. The van der Waals surface area contributed by atoms with Crippen LogP contribution in [0, 0.1) is 5.41 Å². The van der Waals surface area contributed by atoms with E-state index in [4.69, 9.17) is 14.2 Å². The maximum absolute atomic E-state index is 11.9. The average Bonchev–Trinajstić information content (AvgIpc) is 2.82. The van der Waals surface area contributed by atoms with E-state index in [0.717, 1.165) is 25.7 Å². The number of esters is 1. The van der Waals surface area contributed by atoms with Crippen molar-refractivity contribution in [3.8, 4) is 0 Å². The molecular weight excluding hydrogens is 256 g/mol. The van der Waals surface area contributed by atoms with Gasteiger partial charge in [0, 0.05) is 19.3 Å². The van der Waals surface area contributed by atoms with Gasteiger partial charge in [-0.25, -0.2) is 0 Å². The second-order valence-electron chi connectivity index (χ2n) is 6.68.